The number of likely N-dealkylation sites (N-methyl/N-ethyl adjacent to an activating group) is 1. The Morgan fingerprint density at radius 2 is 1.56 bits per heavy atom. The SMILES string of the molecule is CCCCN(CCCC)CCCNCC(=O)NC. The third-order valence-electron chi connectivity index (χ3n) is 3.05. The fraction of sp³-hybridized carbons (Fsp3) is 0.929. The number of rotatable bonds is 12. The fourth-order valence-electron chi connectivity index (χ4n) is 1.82. The van der Waals surface area contributed by atoms with Crippen molar-refractivity contribution in [2.45, 2.75) is 46.0 Å². The molecule has 4 nitrogen and oxygen atoms in total. The Morgan fingerprint density at radius 3 is 2.06 bits per heavy atom. The molecule has 1 amide bonds. The molecule has 0 saturated heterocycles. The smallest absolute Gasteiger partial charge is 0.233 e. The number of carbonyl (C=O) groups is 1. The van der Waals surface area contributed by atoms with Gasteiger partial charge in [-0.05, 0) is 45.4 Å². The summed E-state index contributed by atoms with van der Waals surface area (Å²) in [5.74, 6) is 0.0591. The van der Waals surface area contributed by atoms with Crippen molar-refractivity contribution in [2.24, 2.45) is 0 Å². The summed E-state index contributed by atoms with van der Waals surface area (Å²) in [7, 11) is 1.67. The predicted molar refractivity (Wildman–Crippen MR) is 77.8 cm³/mol. The van der Waals surface area contributed by atoms with Crippen LogP contribution in [-0.2, 0) is 4.79 Å². The highest BCUT2D eigenvalue weighted by molar-refractivity contribution is 5.77. The lowest BCUT2D eigenvalue weighted by molar-refractivity contribution is -0.119. The minimum absolute atomic E-state index is 0.0591. The first-order chi connectivity index (χ1) is 8.74. The number of amides is 1. The summed E-state index contributed by atoms with van der Waals surface area (Å²) in [6, 6.07) is 0. The van der Waals surface area contributed by atoms with E-state index in [1.54, 1.807) is 7.05 Å². The quantitative estimate of drug-likeness (QED) is 0.522. The highest BCUT2D eigenvalue weighted by atomic mass is 16.1. The average molecular weight is 257 g/mol. The van der Waals surface area contributed by atoms with Gasteiger partial charge in [-0.2, -0.15) is 0 Å². The van der Waals surface area contributed by atoms with Crippen molar-refractivity contribution < 1.29 is 4.79 Å². The largest absolute Gasteiger partial charge is 0.358 e. The van der Waals surface area contributed by atoms with E-state index >= 15 is 0 Å². The third kappa shape index (κ3) is 10.5. The molecule has 0 aromatic carbocycles. The first-order valence-electron chi connectivity index (χ1n) is 7.38. The number of nitrogens with zero attached hydrogens (tertiary/aromatic N) is 1. The van der Waals surface area contributed by atoms with Gasteiger partial charge in [0.25, 0.3) is 0 Å². The van der Waals surface area contributed by atoms with Crippen molar-refractivity contribution in [3.63, 3.8) is 0 Å². The standard InChI is InChI=1S/C14H31N3O/c1-4-6-10-17(11-7-5-2)12-8-9-16-13-14(18)15-3/h16H,4-13H2,1-3H3,(H,15,18). The zero-order valence-corrected chi connectivity index (χ0v) is 12.4. The molecule has 0 spiro atoms. The Hall–Kier alpha value is -0.610. The first kappa shape index (κ1) is 17.4. The van der Waals surface area contributed by atoms with Crippen LogP contribution in [0.4, 0.5) is 0 Å². The van der Waals surface area contributed by atoms with E-state index in [4.69, 9.17) is 0 Å². The summed E-state index contributed by atoms with van der Waals surface area (Å²) in [5.41, 5.74) is 0. The molecular formula is C14H31N3O. The molecule has 0 atom stereocenters. The van der Waals surface area contributed by atoms with Gasteiger partial charge in [0.15, 0.2) is 0 Å². The zero-order valence-electron chi connectivity index (χ0n) is 12.4. The molecule has 2 N–H and O–H groups in total. The second-order valence-electron chi connectivity index (χ2n) is 4.75. The number of unbranched alkanes of at least 4 members (excludes halogenated alkanes) is 2. The maximum Gasteiger partial charge on any atom is 0.233 e. The Labute approximate surface area is 113 Å². The number of hydrogen-bond donors (Lipinski definition) is 2. The van der Waals surface area contributed by atoms with Gasteiger partial charge in [-0.3, -0.25) is 4.79 Å². The molecule has 0 heterocycles. The van der Waals surface area contributed by atoms with Crippen LogP contribution in [-0.4, -0.2) is 50.6 Å². The molecule has 108 valence electrons. The lowest BCUT2D eigenvalue weighted by Crippen LogP contribution is -2.34. The Kier molecular flexibility index (Phi) is 12.4. The third-order valence-corrected chi connectivity index (χ3v) is 3.05. The first-order valence-corrected chi connectivity index (χ1v) is 7.38. The van der Waals surface area contributed by atoms with Crippen LogP contribution in [0.25, 0.3) is 0 Å². The Bertz CT molecular complexity index is 189. The molecule has 0 radical (unpaired) electrons. The molecule has 0 bridgehead atoms. The number of nitrogens with one attached hydrogen (secondary N) is 2. The lowest BCUT2D eigenvalue weighted by Gasteiger charge is -2.21. The van der Waals surface area contributed by atoms with Crippen molar-refractivity contribution in [1.29, 1.82) is 0 Å². The van der Waals surface area contributed by atoms with Gasteiger partial charge in [-0.25, -0.2) is 0 Å². The van der Waals surface area contributed by atoms with Crippen LogP contribution in [0.15, 0.2) is 0 Å². The van der Waals surface area contributed by atoms with Gasteiger partial charge >= 0.3 is 0 Å². The molecule has 4 heteroatoms. The molecule has 0 aliphatic heterocycles. The van der Waals surface area contributed by atoms with E-state index in [0.29, 0.717) is 6.54 Å². The van der Waals surface area contributed by atoms with Crippen LogP contribution in [0.1, 0.15) is 46.0 Å². The second-order valence-corrected chi connectivity index (χ2v) is 4.75. The van der Waals surface area contributed by atoms with Gasteiger partial charge in [-0.15, -0.1) is 0 Å². The van der Waals surface area contributed by atoms with E-state index in [1.807, 2.05) is 0 Å². The molecular weight excluding hydrogens is 226 g/mol. The van der Waals surface area contributed by atoms with Gasteiger partial charge in [0.1, 0.15) is 0 Å². The van der Waals surface area contributed by atoms with Crippen LogP contribution in [0.2, 0.25) is 0 Å². The van der Waals surface area contributed by atoms with Gasteiger partial charge in [0.05, 0.1) is 6.54 Å². The van der Waals surface area contributed by atoms with Gasteiger partial charge < -0.3 is 15.5 Å². The van der Waals surface area contributed by atoms with Crippen LogP contribution in [0, 0.1) is 0 Å². The van der Waals surface area contributed by atoms with Crippen molar-refractivity contribution in [1.82, 2.24) is 15.5 Å². The molecule has 0 unspecified atom stereocenters. The van der Waals surface area contributed by atoms with E-state index in [2.05, 4.69) is 29.4 Å². The molecule has 18 heavy (non-hydrogen) atoms. The maximum atomic E-state index is 11.0. The summed E-state index contributed by atoms with van der Waals surface area (Å²) in [6.45, 7) is 9.40. The highest BCUT2D eigenvalue weighted by Crippen LogP contribution is 2.00. The number of carbonyl (C=O) groups excluding carboxylic acids is 1. The van der Waals surface area contributed by atoms with Crippen LogP contribution < -0.4 is 10.6 Å². The van der Waals surface area contributed by atoms with Crippen molar-refractivity contribution in [2.75, 3.05) is 39.8 Å². The monoisotopic (exact) mass is 257 g/mol. The van der Waals surface area contributed by atoms with E-state index in [0.717, 1.165) is 19.5 Å². The van der Waals surface area contributed by atoms with Crippen molar-refractivity contribution in [3.05, 3.63) is 0 Å². The van der Waals surface area contributed by atoms with Gasteiger partial charge in [0.2, 0.25) is 5.91 Å². The molecule has 0 rings (SSSR count). The summed E-state index contributed by atoms with van der Waals surface area (Å²) in [6.07, 6.45) is 6.21. The second kappa shape index (κ2) is 12.8. The average Bonchev–Trinajstić information content (AvgIpc) is 2.40. The Morgan fingerprint density at radius 1 is 1.00 bits per heavy atom. The minimum atomic E-state index is 0.0591. The van der Waals surface area contributed by atoms with Crippen LogP contribution in [0.5, 0.6) is 0 Å². The Balaban J connectivity index is 3.57. The molecule has 0 saturated carbocycles. The topological polar surface area (TPSA) is 44.4 Å². The molecule has 0 aromatic heterocycles. The van der Waals surface area contributed by atoms with Crippen LogP contribution >= 0.6 is 0 Å². The lowest BCUT2D eigenvalue weighted by atomic mass is 10.2. The van der Waals surface area contributed by atoms with E-state index < -0.39 is 0 Å². The van der Waals surface area contributed by atoms with Crippen molar-refractivity contribution >= 4 is 5.91 Å². The van der Waals surface area contributed by atoms with E-state index in [-0.39, 0.29) is 5.91 Å². The summed E-state index contributed by atoms with van der Waals surface area (Å²) in [5, 5.41) is 5.77. The van der Waals surface area contributed by atoms with Gasteiger partial charge in [-0.1, -0.05) is 26.7 Å². The molecule has 0 fully saturated rings. The number of hydrogen-bond acceptors (Lipinski definition) is 3. The van der Waals surface area contributed by atoms with Crippen molar-refractivity contribution in [3.8, 4) is 0 Å². The predicted octanol–water partition coefficient (Wildman–Crippen LogP) is 1.61. The zero-order chi connectivity index (χ0) is 13.6. The van der Waals surface area contributed by atoms with E-state index in [1.165, 1.54) is 38.8 Å². The molecule has 0 aliphatic carbocycles. The molecule has 0 aliphatic rings. The minimum Gasteiger partial charge on any atom is -0.358 e. The van der Waals surface area contributed by atoms with E-state index in [9.17, 15) is 4.79 Å². The maximum absolute atomic E-state index is 11.0. The highest BCUT2D eigenvalue weighted by Gasteiger charge is 2.03. The molecule has 0 aromatic rings. The fourth-order valence-corrected chi connectivity index (χ4v) is 1.82. The van der Waals surface area contributed by atoms with Crippen LogP contribution in [0.3, 0.4) is 0 Å². The van der Waals surface area contributed by atoms with Gasteiger partial charge in [0, 0.05) is 7.05 Å². The summed E-state index contributed by atoms with van der Waals surface area (Å²) in [4.78, 5) is 13.6. The summed E-state index contributed by atoms with van der Waals surface area (Å²) >= 11 is 0. The normalized spacial score (nSPS) is 10.9. The summed E-state index contributed by atoms with van der Waals surface area (Å²) < 4.78 is 0.